The van der Waals surface area contributed by atoms with E-state index in [0.29, 0.717) is 0 Å². The average molecular weight is 572 g/mol. The van der Waals surface area contributed by atoms with E-state index in [-0.39, 0.29) is 26.3 Å². The van der Waals surface area contributed by atoms with E-state index in [1.165, 1.54) is 32.6 Å². The maximum Gasteiger partial charge on any atom is 0.468 e. The lowest BCUT2D eigenvalue weighted by molar-refractivity contribution is -0.554. The number of morpholine rings is 1. The van der Waals surface area contributed by atoms with Gasteiger partial charge in [0.25, 0.3) is 0 Å². The van der Waals surface area contributed by atoms with Crippen LogP contribution in [0.25, 0.3) is 0 Å². The molecule has 19 heteroatoms. The van der Waals surface area contributed by atoms with Crippen LogP contribution in [0.15, 0.2) is 0 Å². The molecule has 0 N–H and O–H groups in total. The van der Waals surface area contributed by atoms with Gasteiger partial charge < -0.3 is 28.6 Å². The minimum atomic E-state index is -3.63. The standard InChI is InChI=1S/C21H28N6O13/c1-5-37-15(28)20(26(32)33,16(29)38-6-2)13-22-14(24-19(23-13)25-9-11-36-12-10-25)21(27(34)35,17(30)39-7-3)18(31)40-8-4/h5-12H2,1-4H3. The van der Waals surface area contributed by atoms with Crippen LogP contribution in [0.5, 0.6) is 0 Å². The molecule has 1 aromatic heterocycles. The van der Waals surface area contributed by atoms with E-state index in [2.05, 4.69) is 15.0 Å². The summed E-state index contributed by atoms with van der Waals surface area (Å²) in [5, 5.41) is 24.9. The first kappa shape index (κ1) is 31.7. The summed E-state index contributed by atoms with van der Waals surface area (Å²) in [4.78, 5) is 87.2. The first-order valence-corrected chi connectivity index (χ1v) is 12.1. The number of anilines is 1. The van der Waals surface area contributed by atoms with Crippen LogP contribution < -0.4 is 4.90 Å². The van der Waals surface area contributed by atoms with Crippen molar-refractivity contribution in [2.75, 3.05) is 57.6 Å². The van der Waals surface area contributed by atoms with Crippen molar-refractivity contribution < 1.29 is 52.7 Å². The predicted octanol–water partition coefficient (Wildman–Crippen LogP) is -1.10. The average Bonchev–Trinajstić information content (AvgIpc) is 2.90. The molecule has 1 aromatic rings. The smallest absolute Gasteiger partial charge is 0.460 e. The molecular formula is C21H28N6O13. The number of ether oxygens (including phenoxy) is 5. The highest BCUT2D eigenvalue weighted by Gasteiger charge is 2.70. The van der Waals surface area contributed by atoms with Gasteiger partial charge in [-0.05, 0) is 27.7 Å². The van der Waals surface area contributed by atoms with E-state index in [9.17, 15) is 39.4 Å². The Morgan fingerprint density at radius 2 is 1.05 bits per heavy atom. The first-order chi connectivity index (χ1) is 19.0. The molecule has 0 saturated carbocycles. The van der Waals surface area contributed by atoms with Crippen molar-refractivity contribution >= 4 is 29.8 Å². The third kappa shape index (κ3) is 5.58. The predicted molar refractivity (Wildman–Crippen MR) is 127 cm³/mol. The van der Waals surface area contributed by atoms with E-state index in [0.717, 1.165) is 0 Å². The second kappa shape index (κ2) is 13.5. The highest BCUT2D eigenvalue weighted by Crippen LogP contribution is 2.32. The Kier molecular flexibility index (Phi) is 10.7. The molecule has 220 valence electrons. The van der Waals surface area contributed by atoms with Gasteiger partial charge in [0.05, 0.1) is 49.5 Å². The van der Waals surface area contributed by atoms with Gasteiger partial charge in [0.1, 0.15) is 0 Å². The number of nitro groups is 2. The van der Waals surface area contributed by atoms with E-state index in [1.807, 2.05) is 0 Å². The van der Waals surface area contributed by atoms with Crippen LogP contribution in [0, 0.1) is 20.2 Å². The molecule has 1 aliphatic rings. The van der Waals surface area contributed by atoms with Gasteiger partial charge in [-0.2, -0.15) is 9.97 Å². The number of hydrogen-bond acceptors (Lipinski definition) is 17. The van der Waals surface area contributed by atoms with Crippen LogP contribution in [0.3, 0.4) is 0 Å². The number of hydrogen-bond donors (Lipinski definition) is 0. The second-order valence-corrected chi connectivity index (χ2v) is 7.70. The molecule has 0 unspecified atom stereocenters. The number of esters is 4. The minimum absolute atomic E-state index is 0.0391. The number of nitrogens with zero attached hydrogens (tertiary/aromatic N) is 6. The van der Waals surface area contributed by atoms with E-state index >= 15 is 0 Å². The zero-order valence-electron chi connectivity index (χ0n) is 22.1. The molecule has 0 aliphatic carbocycles. The zero-order valence-corrected chi connectivity index (χ0v) is 22.1. The lowest BCUT2D eigenvalue weighted by atomic mass is 9.96. The Labute approximate surface area is 226 Å². The molecule has 1 aliphatic heterocycles. The van der Waals surface area contributed by atoms with Crippen LogP contribution in [0.1, 0.15) is 39.3 Å². The van der Waals surface area contributed by atoms with Crippen molar-refractivity contribution in [1.29, 1.82) is 0 Å². The van der Waals surface area contributed by atoms with Crippen molar-refractivity contribution in [2.45, 2.75) is 38.8 Å². The molecule has 0 atom stereocenters. The maximum atomic E-state index is 13.1. The Hall–Kier alpha value is -4.55. The van der Waals surface area contributed by atoms with Crippen molar-refractivity contribution in [1.82, 2.24) is 15.0 Å². The molecule has 1 fully saturated rings. The summed E-state index contributed by atoms with van der Waals surface area (Å²) in [5.41, 5.74) is -7.26. The third-order valence-electron chi connectivity index (χ3n) is 5.40. The van der Waals surface area contributed by atoms with E-state index < -0.39 is 88.8 Å². The fourth-order valence-corrected chi connectivity index (χ4v) is 3.53. The van der Waals surface area contributed by atoms with Gasteiger partial charge >= 0.3 is 35.0 Å². The normalized spacial score (nSPS) is 13.7. The van der Waals surface area contributed by atoms with Crippen LogP contribution >= 0.6 is 0 Å². The monoisotopic (exact) mass is 572 g/mol. The molecular weight excluding hydrogens is 544 g/mol. The molecule has 0 radical (unpaired) electrons. The number of rotatable bonds is 13. The van der Waals surface area contributed by atoms with E-state index in [4.69, 9.17) is 23.7 Å². The summed E-state index contributed by atoms with van der Waals surface area (Å²) in [6, 6.07) is 0. The third-order valence-corrected chi connectivity index (χ3v) is 5.40. The lowest BCUT2D eigenvalue weighted by Crippen LogP contribution is -2.56. The molecule has 1 saturated heterocycles. The Bertz CT molecular complexity index is 1040. The van der Waals surface area contributed by atoms with E-state index in [1.54, 1.807) is 0 Å². The SMILES string of the molecule is CCOC(=O)C(C(=O)OCC)(c1nc(N2CCOCC2)nc(C(C(=O)OCC)(C(=O)OCC)[N+](=O)[O-])n1)[N+](=O)[O-]. The maximum absolute atomic E-state index is 13.1. The van der Waals surface area contributed by atoms with Crippen LogP contribution in [0.2, 0.25) is 0 Å². The number of carbonyl (C=O) groups is 4. The van der Waals surface area contributed by atoms with Crippen LogP contribution in [-0.4, -0.2) is 101 Å². The van der Waals surface area contributed by atoms with Gasteiger partial charge in [0.2, 0.25) is 17.6 Å². The summed E-state index contributed by atoms with van der Waals surface area (Å²) in [6.07, 6.45) is 0. The van der Waals surface area contributed by atoms with Crippen LogP contribution in [0.4, 0.5) is 5.95 Å². The second-order valence-electron chi connectivity index (χ2n) is 7.70. The van der Waals surface area contributed by atoms with Crippen molar-refractivity contribution in [3.8, 4) is 0 Å². The molecule has 19 nitrogen and oxygen atoms in total. The van der Waals surface area contributed by atoms with Gasteiger partial charge in [-0.3, -0.25) is 20.2 Å². The number of carbonyl (C=O) groups excluding carboxylic acids is 4. The minimum Gasteiger partial charge on any atom is -0.460 e. The Morgan fingerprint density at radius 3 is 1.32 bits per heavy atom. The molecule has 40 heavy (non-hydrogen) atoms. The van der Waals surface area contributed by atoms with Crippen molar-refractivity contribution in [2.24, 2.45) is 0 Å². The van der Waals surface area contributed by atoms with Crippen LogP contribution in [-0.2, 0) is 53.9 Å². The highest BCUT2D eigenvalue weighted by atomic mass is 16.7. The fraction of sp³-hybridized carbons (Fsp3) is 0.667. The Morgan fingerprint density at radius 1 is 0.725 bits per heavy atom. The summed E-state index contributed by atoms with van der Waals surface area (Å²) in [7, 11) is 0. The van der Waals surface area contributed by atoms with Gasteiger partial charge in [0, 0.05) is 13.1 Å². The van der Waals surface area contributed by atoms with Gasteiger partial charge in [0.15, 0.2) is 0 Å². The molecule has 0 bridgehead atoms. The zero-order chi connectivity index (χ0) is 30.1. The van der Waals surface area contributed by atoms with Gasteiger partial charge in [-0.25, -0.2) is 24.2 Å². The van der Waals surface area contributed by atoms with Gasteiger partial charge in [-0.15, -0.1) is 0 Å². The quantitative estimate of drug-likeness (QED) is 0.0895. The summed E-state index contributed by atoms with van der Waals surface area (Å²) in [6.45, 7) is 3.71. The highest BCUT2D eigenvalue weighted by molar-refractivity contribution is 6.04. The summed E-state index contributed by atoms with van der Waals surface area (Å²) >= 11 is 0. The lowest BCUT2D eigenvalue weighted by Gasteiger charge is -2.29. The molecule has 0 spiro atoms. The van der Waals surface area contributed by atoms with Crippen molar-refractivity contribution in [3.63, 3.8) is 0 Å². The fourth-order valence-electron chi connectivity index (χ4n) is 3.53. The Balaban J connectivity index is 3.11. The first-order valence-electron chi connectivity index (χ1n) is 12.1. The topological polar surface area (TPSA) is 243 Å². The van der Waals surface area contributed by atoms with Crippen molar-refractivity contribution in [3.05, 3.63) is 31.9 Å². The molecule has 2 heterocycles. The molecule has 2 rings (SSSR count). The van der Waals surface area contributed by atoms with Gasteiger partial charge in [-0.1, -0.05) is 0 Å². The largest absolute Gasteiger partial charge is 0.468 e. The number of aromatic nitrogens is 3. The summed E-state index contributed by atoms with van der Waals surface area (Å²) in [5.74, 6) is -10.3. The molecule has 0 amide bonds. The summed E-state index contributed by atoms with van der Waals surface area (Å²) < 4.78 is 24.4. The molecule has 0 aromatic carbocycles.